The first kappa shape index (κ1) is 23.3. The Bertz CT molecular complexity index is 1060. The fourth-order valence-corrected chi connectivity index (χ4v) is 4.88. The lowest BCUT2D eigenvalue weighted by molar-refractivity contribution is -0.136. The molecule has 2 amide bonds. The van der Waals surface area contributed by atoms with Crippen LogP contribution in [-0.4, -0.2) is 49.3 Å². The fourth-order valence-electron chi connectivity index (χ4n) is 3.61. The number of nitrogens with one attached hydrogen (secondary N) is 2. The number of hydrogen-bond donors (Lipinski definition) is 3. The molecule has 0 saturated heterocycles. The molecule has 3 N–H and O–H groups in total. The second-order valence-corrected chi connectivity index (χ2v) is 8.23. The van der Waals surface area contributed by atoms with Gasteiger partial charge in [0.2, 0.25) is 0 Å². The zero-order chi connectivity index (χ0) is 23.3. The molecule has 2 aromatic rings. The third-order valence-electron chi connectivity index (χ3n) is 5.26. The van der Waals surface area contributed by atoms with Crippen LogP contribution < -0.4 is 15.6 Å². The molecule has 1 aliphatic rings. The lowest BCUT2D eigenvalue weighted by Crippen LogP contribution is -2.32. The van der Waals surface area contributed by atoms with Gasteiger partial charge in [0, 0.05) is 35.3 Å². The molecule has 0 bridgehead atoms. The lowest BCUT2D eigenvalue weighted by Gasteiger charge is -2.21. The van der Waals surface area contributed by atoms with Gasteiger partial charge < -0.3 is 20.1 Å². The zero-order valence-electron chi connectivity index (χ0n) is 18.2. The number of methoxy groups -OCH3 is 1. The summed E-state index contributed by atoms with van der Waals surface area (Å²) in [6.45, 7) is 5.65. The van der Waals surface area contributed by atoms with Gasteiger partial charge in [-0.2, -0.15) is 5.10 Å². The molecule has 0 fully saturated rings. The molecule has 9 nitrogen and oxygen atoms in total. The first-order valence-electron chi connectivity index (χ1n) is 10.3. The van der Waals surface area contributed by atoms with Gasteiger partial charge in [-0.05, 0) is 50.8 Å². The minimum atomic E-state index is -0.995. The largest absolute Gasteiger partial charge is 0.507 e. The van der Waals surface area contributed by atoms with Crippen molar-refractivity contribution in [3.05, 3.63) is 39.8 Å². The zero-order valence-corrected chi connectivity index (χ0v) is 19.0. The van der Waals surface area contributed by atoms with Crippen molar-refractivity contribution >= 4 is 46.0 Å². The smallest absolute Gasteiger partial charge is 0.341 e. The number of fused-ring (bicyclic) bond motifs is 1. The predicted octanol–water partition coefficient (Wildman–Crippen LogP) is 2.66. The van der Waals surface area contributed by atoms with Gasteiger partial charge in [-0.25, -0.2) is 10.2 Å². The van der Waals surface area contributed by atoms with Crippen LogP contribution in [-0.2, 0) is 27.2 Å². The number of aromatic hydroxyl groups is 1. The number of phenols is 1. The number of benzene rings is 1. The van der Waals surface area contributed by atoms with Crippen molar-refractivity contribution in [1.82, 2.24) is 5.43 Å². The number of carbonyl (C=O) groups is 3. The van der Waals surface area contributed by atoms with Gasteiger partial charge in [0.25, 0.3) is 0 Å². The summed E-state index contributed by atoms with van der Waals surface area (Å²) >= 11 is 1.28. The number of phenolic OH excluding ortho intramolecular Hbond substituents is 1. The molecule has 1 heterocycles. The van der Waals surface area contributed by atoms with Gasteiger partial charge >= 0.3 is 17.8 Å². The maximum Gasteiger partial charge on any atom is 0.341 e. The number of hydrazone groups is 1. The highest BCUT2D eigenvalue weighted by Crippen LogP contribution is 2.39. The number of carbonyl (C=O) groups excluding carboxylic acids is 3. The molecule has 3 rings (SSSR count). The van der Waals surface area contributed by atoms with Crippen molar-refractivity contribution in [2.45, 2.75) is 33.1 Å². The first-order chi connectivity index (χ1) is 15.4. The van der Waals surface area contributed by atoms with Crippen LogP contribution in [0.2, 0.25) is 0 Å². The fraction of sp³-hybridized carbons (Fsp3) is 0.364. The van der Waals surface area contributed by atoms with Crippen molar-refractivity contribution in [2.75, 3.05) is 30.4 Å². The van der Waals surface area contributed by atoms with Crippen LogP contribution >= 0.6 is 11.3 Å². The maximum absolute atomic E-state index is 12.3. The molecule has 0 unspecified atom stereocenters. The number of esters is 1. The molecule has 10 heteroatoms. The van der Waals surface area contributed by atoms with Gasteiger partial charge in [-0.15, -0.1) is 11.3 Å². The van der Waals surface area contributed by atoms with E-state index in [1.165, 1.54) is 24.7 Å². The number of rotatable bonds is 7. The Morgan fingerprint density at radius 1 is 1.22 bits per heavy atom. The van der Waals surface area contributed by atoms with E-state index in [9.17, 15) is 19.5 Å². The van der Waals surface area contributed by atoms with Gasteiger partial charge in [0.15, 0.2) is 0 Å². The molecule has 1 aliphatic carbocycles. The van der Waals surface area contributed by atoms with E-state index < -0.39 is 17.8 Å². The highest BCUT2D eigenvalue weighted by molar-refractivity contribution is 7.17. The normalized spacial score (nSPS) is 12.5. The van der Waals surface area contributed by atoms with E-state index in [0.717, 1.165) is 48.5 Å². The summed E-state index contributed by atoms with van der Waals surface area (Å²) < 4.78 is 4.83. The van der Waals surface area contributed by atoms with E-state index in [-0.39, 0.29) is 5.75 Å². The third kappa shape index (κ3) is 4.91. The van der Waals surface area contributed by atoms with Crippen LogP contribution in [0.15, 0.2) is 23.3 Å². The Morgan fingerprint density at radius 2 is 1.97 bits per heavy atom. The van der Waals surface area contributed by atoms with Gasteiger partial charge in [-0.3, -0.25) is 9.59 Å². The van der Waals surface area contributed by atoms with E-state index in [1.807, 2.05) is 19.9 Å². The standard InChI is InChI=1S/C22H26N4O5S/c1-4-26(5-2)14-10-9-13(16(27)11-14)12-23-25-20(29)19(28)24-21-18(22(30)31-3)15-7-6-8-17(15)32-21/h9-12,27H,4-8H2,1-3H3,(H,24,28)(H,25,29)/b23-12+. The number of ether oxygens (including phenoxy) is 1. The molecule has 0 spiro atoms. The van der Waals surface area contributed by atoms with Crippen molar-refractivity contribution < 1.29 is 24.2 Å². The van der Waals surface area contributed by atoms with E-state index in [1.54, 1.807) is 12.1 Å². The van der Waals surface area contributed by atoms with Crippen LogP contribution in [0.3, 0.4) is 0 Å². The highest BCUT2D eigenvalue weighted by Gasteiger charge is 2.29. The lowest BCUT2D eigenvalue weighted by atomic mass is 10.1. The average Bonchev–Trinajstić information content (AvgIpc) is 3.36. The average molecular weight is 459 g/mol. The predicted molar refractivity (Wildman–Crippen MR) is 124 cm³/mol. The number of nitrogens with zero attached hydrogens (tertiary/aromatic N) is 2. The third-order valence-corrected chi connectivity index (χ3v) is 6.46. The Morgan fingerprint density at radius 3 is 2.62 bits per heavy atom. The molecule has 170 valence electrons. The van der Waals surface area contributed by atoms with Crippen molar-refractivity contribution in [3.8, 4) is 5.75 Å². The molecular weight excluding hydrogens is 432 g/mol. The Balaban J connectivity index is 1.64. The summed E-state index contributed by atoms with van der Waals surface area (Å²) in [4.78, 5) is 39.7. The summed E-state index contributed by atoms with van der Waals surface area (Å²) in [5, 5.41) is 16.8. The minimum absolute atomic E-state index is 0.00710. The van der Waals surface area contributed by atoms with Crippen molar-refractivity contribution in [3.63, 3.8) is 0 Å². The van der Waals surface area contributed by atoms with Crippen molar-refractivity contribution in [2.24, 2.45) is 5.10 Å². The molecular formula is C22H26N4O5S. The Hall–Kier alpha value is -3.40. The maximum atomic E-state index is 12.3. The molecule has 0 radical (unpaired) electrons. The Labute approximate surface area is 190 Å². The van der Waals surface area contributed by atoms with Crippen LogP contribution in [0.25, 0.3) is 0 Å². The molecule has 0 saturated carbocycles. The van der Waals surface area contributed by atoms with Crippen LogP contribution in [0, 0.1) is 0 Å². The molecule has 32 heavy (non-hydrogen) atoms. The summed E-state index contributed by atoms with van der Waals surface area (Å²) in [5.41, 5.74) is 4.59. The van der Waals surface area contributed by atoms with E-state index in [2.05, 4.69) is 20.7 Å². The van der Waals surface area contributed by atoms with Crippen molar-refractivity contribution in [1.29, 1.82) is 0 Å². The second-order valence-electron chi connectivity index (χ2n) is 7.12. The highest BCUT2D eigenvalue weighted by atomic mass is 32.1. The number of aryl methyl sites for hydroxylation is 1. The minimum Gasteiger partial charge on any atom is -0.507 e. The number of thiophene rings is 1. The van der Waals surface area contributed by atoms with E-state index in [0.29, 0.717) is 16.1 Å². The second kappa shape index (κ2) is 10.3. The SMILES string of the molecule is CCN(CC)c1ccc(/C=N/NC(=O)C(=O)Nc2sc3c(c2C(=O)OC)CCC3)c(O)c1. The number of anilines is 2. The van der Waals surface area contributed by atoms with E-state index >= 15 is 0 Å². The number of hydrogen-bond acceptors (Lipinski definition) is 8. The van der Waals surface area contributed by atoms with Crippen LogP contribution in [0.4, 0.5) is 10.7 Å². The molecule has 0 atom stereocenters. The molecule has 1 aromatic heterocycles. The first-order valence-corrected chi connectivity index (χ1v) is 11.2. The van der Waals surface area contributed by atoms with Crippen LogP contribution in [0.1, 0.15) is 46.6 Å². The molecule has 0 aliphatic heterocycles. The number of amides is 2. The summed E-state index contributed by atoms with van der Waals surface area (Å²) in [6.07, 6.45) is 3.76. The van der Waals surface area contributed by atoms with Gasteiger partial charge in [0.05, 0.1) is 18.9 Å². The Kier molecular flexibility index (Phi) is 7.47. The summed E-state index contributed by atoms with van der Waals surface area (Å²) in [7, 11) is 1.28. The van der Waals surface area contributed by atoms with E-state index in [4.69, 9.17) is 4.74 Å². The topological polar surface area (TPSA) is 120 Å². The quantitative estimate of drug-likeness (QED) is 0.254. The molecule has 1 aromatic carbocycles. The summed E-state index contributed by atoms with van der Waals surface area (Å²) in [6, 6.07) is 5.13. The van der Waals surface area contributed by atoms with Gasteiger partial charge in [0.1, 0.15) is 10.8 Å². The van der Waals surface area contributed by atoms with Gasteiger partial charge in [-0.1, -0.05) is 0 Å². The summed E-state index contributed by atoms with van der Waals surface area (Å²) in [5.74, 6) is -2.48. The monoisotopic (exact) mass is 458 g/mol. The van der Waals surface area contributed by atoms with Crippen LogP contribution in [0.5, 0.6) is 5.75 Å².